The predicted octanol–water partition coefficient (Wildman–Crippen LogP) is 3.61. The zero-order valence-electron chi connectivity index (χ0n) is 16.2. The number of rotatable bonds is 7. The van der Waals surface area contributed by atoms with Gasteiger partial charge in [-0.1, -0.05) is 37.3 Å². The van der Waals surface area contributed by atoms with E-state index in [1.807, 2.05) is 49.3 Å². The molecule has 0 radical (unpaired) electrons. The number of aromatic amines is 1. The lowest BCUT2D eigenvalue weighted by atomic mass is 10.00. The van der Waals surface area contributed by atoms with E-state index in [9.17, 15) is 0 Å². The average Bonchev–Trinajstić information content (AvgIpc) is 3.27. The van der Waals surface area contributed by atoms with Crippen LogP contribution in [0.1, 0.15) is 36.4 Å². The van der Waals surface area contributed by atoms with Crippen molar-refractivity contribution in [1.82, 2.24) is 9.88 Å². The van der Waals surface area contributed by atoms with Crippen molar-refractivity contribution in [3.63, 3.8) is 0 Å². The van der Waals surface area contributed by atoms with E-state index in [-0.39, 0.29) is 12.2 Å². The first-order valence-corrected chi connectivity index (χ1v) is 9.29. The fourth-order valence-electron chi connectivity index (χ4n) is 3.50. The summed E-state index contributed by atoms with van der Waals surface area (Å²) in [5.41, 5.74) is 3.11. The van der Waals surface area contributed by atoms with Gasteiger partial charge >= 0.3 is 0 Å². The molecule has 1 fully saturated rings. The maximum absolute atomic E-state index is 7.24. The van der Waals surface area contributed by atoms with Gasteiger partial charge in [-0.2, -0.15) is 0 Å². The summed E-state index contributed by atoms with van der Waals surface area (Å²) in [5.74, 6) is 1.13. The molecule has 2 aromatic rings. The molecular formula is C21H28N4O2. The number of nitrogens with one attached hydrogen (secondary N) is 2. The minimum Gasteiger partial charge on any atom is -0.374 e. The van der Waals surface area contributed by atoms with Crippen LogP contribution in [-0.4, -0.2) is 48.9 Å². The quantitative estimate of drug-likeness (QED) is 0.579. The van der Waals surface area contributed by atoms with Crippen LogP contribution in [-0.2, 0) is 16.1 Å². The van der Waals surface area contributed by atoms with Crippen molar-refractivity contribution in [1.29, 1.82) is 5.41 Å². The van der Waals surface area contributed by atoms with Gasteiger partial charge in [0.25, 0.3) is 0 Å². The molecule has 3 rings (SSSR count). The van der Waals surface area contributed by atoms with Crippen LogP contribution < -0.4 is 0 Å². The van der Waals surface area contributed by atoms with Crippen molar-refractivity contribution in [2.45, 2.75) is 32.2 Å². The van der Waals surface area contributed by atoms with Gasteiger partial charge in [0.1, 0.15) is 12.4 Å². The third-order valence-corrected chi connectivity index (χ3v) is 4.77. The molecule has 1 aromatic heterocycles. The maximum Gasteiger partial charge on any atom is 0.153 e. The number of hydrogen-bond acceptors (Lipinski definition) is 3. The average molecular weight is 368 g/mol. The first-order chi connectivity index (χ1) is 13.1. The van der Waals surface area contributed by atoms with E-state index in [0.29, 0.717) is 19.1 Å². The highest BCUT2D eigenvalue weighted by molar-refractivity contribution is 6.00. The predicted molar refractivity (Wildman–Crippen MR) is 107 cm³/mol. The molecule has 0 amide bonds. The van der Waals surface area contributed by atoms with Gasteiger partial charge in [-0.25, -0.2) is 4.99 Å². The van der Waals surface area contributed by atoms with Crippen LogP contribution in [0.25, 0.3) is 0 Å². The van der Waals surface area contributed by atoms with Crippen LogP contribution in [0.4, 0.5) is 0 Å². The molecule has 6 heteroatoms. The fourth-order valence-corrected chi connectivity index (χ4v) is 3.50. The number of benzene rings is 1. The van der Waals surface area contributed by atoms with E-state index < -0.39 is 0 Å². The molecule has 0 bridgehead atoms. The number of amidine groups is 1. The molecule has 3 atom stereocenters. The van der Waals surface area contributed by atoms with Gasteiger partial charge in [-0.3, -0.25) is 5.41 Å². The number of ether oxygens (including phenoxy) is 2. The van der Waals surface area contributed by atoms with Crippen LogP contribution in [0.2, 0.25) is 0 Å². The standard InChI is InChI=1S/C21H28N4O2/c1-15-11-17(13-26-12-16-7-5-4-6-8-16)27-20(15)18-9-10-19(24-18)21(23-14-22)25(2)3/h4-10,14-15,17,20,22,24H,11-13H2,1-3H3. The van der Waals surface area contributed by atoms with E-state index in [4.69, 9.17) is 14.9 Å². The summed E-state index contributed by atoms with van der Waals surface area (Å²) in [7, 11) is 3.83. The molecule has 27 heavy (non-hydrogen) atoms. The second-order valence-corrected chi connectivity index (χ2v) is 7.20. The summed E-state index contributed by atoms with van der Waals surface area (Å²) in [6, 6.07) is 14.2. The summed E-state index contributed by atoms with van der Waals surface area (Å²) < 4.78 is 12.1. The van der Waals surface area contributed by atoms with Crippen LogP contribution >= 0.6 is 0 Å². The Kier molecular flexibility index (Phi) is 6.42. The molecule has 6 nitrogen and oxygen atoms in total. The Morgan fingerprint density at radius 1 is 1.30 bits per heavy atom. The molecule has 3 unspecified atom stereocenters. The first kappa shape index (κ1) is 19.3. The van der Waals surface area contributed by atoms with Gasteiger partial charge in [0, 0.05) is 19.8 Å². The highest BCUT2D eigenvalue weighted by atomic mass is 16.5. The van der Waals surface area contributed by atoms with Gasteiger partial charge in [-0.05, 0) is 30.0 Å². The normalized spacial score (nSPS) is 22.8. The lowest BCUT2D eigenvalue weighted by molar-refractivity contribution is -0.0249. The topological polar surface area (TPSA) is 73.7 Å². The van der Waals surface area contributed by atoms with E-state index >= 15 is 0 Å². The molecule has 1 aliphatic heterocycles. The Labute approximate surface area is 160 Å². The third-order valence-electron chi connectivity index (χ3n) is 4.77. The van der Waals surface area contributed by atoms with E-state index in [2.05, 4.69) is 29.0 Å². The van der Waals surface area contributed by atoms with Crippen LogP contribution in [0, 0.1) is 11.3 Å². The lowest BCUT2D eigenvalue weighted by Crippen LogP contribution is -2.23. The number of nitrogens with zero attached hydrogens (tertiary/aromatic N) is 2. The fraction of sp³-hybridized carbons (Fsp3) is 0.429. The highest BCUT2D eigenvalue weighted by Crippen LogP contribution is 2.37. The SMILES string of the molecule is CC1CC(COCc2ccccc2)OC1c1ccc(C(=NC=N)N(C)C)[nH]1. The van der Waals surface area contributed by atoms with Crippen LogP contribution in [0.3, 0.4) is 0 Å². The van der Waals surface area contributed by atoms with Gasteiger partial charge in [0.15, 0.2) is 5.84 Å². The summed E-state index contributed by atoms with van der Waals surface area (Å²) >= 11 is 0. The molecule has 0 aliphatic carbocycles. The molecule has 144 valence electrons. The summed E-state index contributed by atoms with van der Waals surface area (Å²) in [5, 5.41) is 7.24. The van der Waals surface area contributed by atoms with Gasteiger partial charge in [0.05, 0.1) is 25.0 Å². The maximum atomic E-state index is 7.24. The van der Waals surface area contributed by atoms with Gasteiger partial charge in [0.2, 0.25) is 0 Å². The molecule has 1 aromatic carbocycles. The lowest BCUT2D eigenvalue weighted by Gasteiger charge is -2.16. The number of aromatic nitrogens is 1. The number of aliphatic imine (C=N–C) groups is 1. The Hall–Kier alpha value is -2.44. The van der Waals surface area contributed by atoms with Crippen molar-refractivity contribution in [2.24, 2.45) is 10.9 Å². The minimum atomic E-state index is 0.0208. The third kappa shape index (κ3) is 4.84. The zero-order chi connectivity index (χ0) is 19.2. The van der Waals surface area contributed by atoms with Crippen molar-refractivity contribution >= 4 is 12.2 Å². The number of hydrogen-bond donors (Lipinski definition) is 2. The van der Waals surface area contributed by atoms with E-state index in [1.54, 1.807) is 0 Å². The molecule has 0 spiro atoms. The smallest absolute Gasteiger partial charge is 0.153 e. The Bertz CT molecular complexity index is 769. The zero-order valence-corrected chi connectivity index (χ0v) is 16.2. The minimum absolute atomic E-state index is 0.0208. The molecule has 1 aliphatic rings. The van der Waals surface area contributed by atoms with E-state index in [1.165, 1.54) is 5.56 Å². The monoisotopic (exact) mass is 368 g/mol. The largest absolute Gasteiger partial charge is 0.374 e. The Morgan fingerprint density at radius 3 is 2.78 bits per heavy atom. The summed E-state index contributed by atoms with van der Waals surface area (Å²) in [6.45, 7) is 3.42. The molecule has 2 heterocycles. The summed E-state index contributed by atoms with van der Waals surface area (Å²) in [6.07, 6.45) is 2.16. The van der Waals surface area contributed by atoms with Gasteiger partial charge in [-0.15, -0.1) is 0 Å². The van der Waals surface area contributed by atoms with Crippen LogP contribution in [0.15, 0.2) is 47.5 Å². The Balaban J connectivity index is 1.58. The highest BCUT2D eigenvalue weighted by Gasteiger charge is 2.34. The van der Waals surface area contributed by atoms with Gasteiger partial charge < -0.3 is 19.4 Å². The first-order valence-electron chi connectivity index (χ1n) is 9.29. The van der Waals surface area contributed by atoms with Crippen molar-refractivity contribution < 1.29 is 9.47 Å². The Morgan fingerprint density at radius 2 is 2.07 bits per heavy atom. The second-order valence-electron chi connectivity index (χ2n) is 7.20. The molecule has 1 saturated heterocycles. The number of H-pyrrole nitrogens is 1. The second kappa shape index (κ2) is 8.97. The van der Waals surface area contributed by atoms with Crippen LogP contribution in [0.5, 0.6) is 0 Å². The molecule has 2 N–H and O–H groups in total. The van der Waals surface area contributed by atoms with E-state index in [0.717, 1.165) is 30.0 Å². The van der Waals surface area contributed by atoms with Crippen molar-refractivity contribution in [3.05, 3.63) is 59.4 Å². The van der Waals surface area contributed by atoms with Crippen molar-refractivity contribution in [2.75, 3.05) is 20.7 Å². The molecule has 0 saturated carbocycles. The molecular weight excluding hydrogens is 340 g/mol. The summed E-state index contributed by atoms with van der Waals surface area (Å²) in [4.78, 5) is 9.43. The van der Waals surface area contributed by atoms with Crippen molar-refractivity contribution in [3.8, 4) is 0 Å².